The maximum absolute atomic E-state index is 12.4. The predicted octanol–water partition coefficient (Wildman–Crippen LogP) is 3.78. The monoisotopic (exact) mass is 398 g/mol. The highest BCUT2D eigenvalue weighted by Crippen LogP contribution is 2.29. The molecular formula is C14H12Br2N2O2. The van der Waals surface area contributed by atoms with Gasteiger partial charge in [-0.25, -0.2) is 0 Å². The molecule has 4 nitrogen and oxygen atoms in total. The Morgan fingerprint density at radius 3 is 2.50 bits per heavy atom. The molecule has 0 saturated heterocycles. The first-order valence-corrected chi connectivity index (χ1v) is 7.30. The standard InChI is InChI=1S/C14H12Br2N2O2/c1-18(12-5-3-9(15)7-11(12)17)14(20)8-2-4-10(16)13(19)6-8/h2-7,19H,17H2,1H3. The lowest BCUT2D eigenvalue weighted by molar-refractivity contribution is 0.0992. The van der Waals surface area contributed by atoms with Crippen molar-refractivity contribution in [3.63, 3.8) is 0 Å². The van der Waals surface area contributed by atoms with Crippen LogP contribution in [0.2, 0.25) is 0 Å². The van der Waals surface area contributed by atoms with Gasteiger partial charge in [0.1, 0.15) is 5.75 Å². The van der Waals surface area contributed by atoms with E-state index in [4.69, 9.17) is 5.73 Å². The van der Waals surface area contributed by atoms with Gasteiger partial charge < -0.3 is 15.7 Å². The number of halogens is 2. The zero-order valence-electron chi connectivity index (χ0n) is 10.6. The summed E-state index contributed by atoms with van der Waals surface area (Å²) in [5.41, 5.74) is 7.40. The summed E-state index contributed by atoms with van der Waals surface area (Å²) in [7, 11) is 1.64. The summed E-state index contributed by atoms with van der Waals surface area (Å²) < 4.78 is 1.39. The number of phenolic OH excluding ortho intramolecular Hbond substituents is 1. The Kier molecular flexibility index (Phi) is 4.35. The van der Waals surface area contributed by atoms with Crippen molar-refractivity contribution in [2.45, 2.75) is 0 Å². The number of nitrogen functional groups attached to an aromatic ring is 1. The molecule has 0 bridgehead atoms. The first-order valence-electron chi connectivity index (χ1n) is 5.71. The fourth-order valence-corrected chi connectivity index (χ4v) is 2.40. The van der Waals surface area contributed by atoms with Crippen LogP contribution in [0.5, 0.6) is 5.75 Å². The summed E-state index contributed by atoms with van der Waals surface area (Å²) in [4.78, 5) is 13.8. The van der Waals surface area contributed by atoms with Gasteiger partial charge >= 0.3 is 0 Å². The Hall–Kier alpha value is -1.53. The van der Waals surface area contributed by atoms with E-state index in [9.17, 15) is 9.90 Å². The van der Waals surface area contributed by atoms with Crippen LogP contribution in [0.25, 0.3) is 0 Å². The van der Waals surface area contributed by atoms with E-state index in [2.05, 4.69) is 31.9 Å². The summed E-state index contributed by atoms with van der Waals surface area (Å²) in [5, 5.41) is 9.64. The van der Waals surface area contributed by atoms with Crippen molar-refractivity contribution in [2.75, 3.05) is 17.7 Å². The summed E-state index contributed by atoms with van der Waals surface area (Å²) in [6, 6.07) is 9.99. The number of nitrogens with zero attached hydrogens (tertiary/aromatic N) is 1. The highest BCUT2D eigenvalue weighted by Gasteiger charge is 2.16. The van der Waals surface area contributed by atoms with Gasteiger partial charge in [0.2, 0.25) is 0 Å². The molecule has 0 fully saturated rings. The van der Waals surface area contributed by atoms with E-state index in [1.165, 1.54) is 11.0 Å². The van der Waals surface area contributed by atoms with Crippen LogP contribution in [0, 0.1) is 0 Å². The molecule has 0 aliphatic carbocycles. The van der Waals surface area contributed by atoms with Crippen molar-refractivity contribution in [1.82, 2.24) is 0 Å². The number of aromatic hydroxyl groups is 1. The van der Waals surface area contributed by atoms with Crippen LogP contribution in [0.3, 0.4) is 0 Å². The van der Waals surface area contributed by atoms with Crippen LogP contribution in [-0.4, -0.2) is 18.1 Å². The maximum atomic E-state index is 12.4. The van der Waals surface area contributed by atoms with E-state index in [1.807, 2.05) is 6.07 Å². The molecule has 2 aromatic carbocycles. The second-order valence-electron chi connectivity index (χ2n) is 4.23. The number of hydrogen-bond donors (Lipinski definition) is 2. The lowest BCUT2D eigenvalue weighted by atomic mass is 10.1. The number of amides is 1. The second kappa shape index (κ2) is 5.85. The topological polar surface area (TPSA) is 66.6 Å². The number of nitrogens with two attached hydrogens (primary N) is 1. The third-order valence-corrected chi connectivity index (χ3v) is 4.01. The van der Waals surface area contributed by atoms with Crippen molar-refractivity contribution in [3.05, 3.63) is 50.9 Å². The maximum Gasteiger partial charge on any atom is 0.258 e. The summed E-state index contributed by atoms with van der Waals surface area (Å²) in [6.07, 6.45) is 0. The molecule has 0 saturated carbocycles. The second-order valence-corrected chi connectivity index (χ2v) is 6.00. The lowest BCUT2D eigenvalue weighted by Gasteiger charge is -2.19. The highest BCUT2D eigenvalue weighted by molar-refractivity contribution is 9.10. The van der Waals surface area contributed by atoms with Crippen molar-refractivity contribution in [2.24, 2.45) is 0 Å². The fraction of sp³-hybridized carbons (Fsp3) is 0.0714. The molecule has 3 N–H and O–H groups in total. The SMILES string of the molecule is CN(C(=O)c1ccc(Br)c(O)c1)c1ccc(Br)cc1N. The third-order valence-electron chi connectivity index (χ3n) is 2.85. The average molecular weight is 400 g/mol. The van der Waals surface area contributed by atoms with Gasteiger partial charge in [0.15, 0.2) is 0 Å². The van der Waals surface area contributed by atoms with Gasteiger partial charge in [-0.15, -0.1) is 0 Å². The minimum atomic E-state index is -0.248. The van der Waals surface area contributed by atoms with E-state index in [-0.39, 0.29) is 11.7 Å². The number of phenols is 1. The molecule has 0 atom stereocenters. The van der Waals surface area contributed by atoms with Crippen LogP contribution in [0.15, 0.2) is 45.3 Å². The molecule has 1 amide bonds. The quantitative estimate of drug-likeness (QED) is 0.755. The normalized spacial score (nSPS) is 10.3. The molecule has 0 aliphatic heterocycles. The van der Waals surface area contributed by atoms with Gasteiger partial charge in [-0.05, 0) is 52.3 Å². The first kappa shape index (κ1) is 14.9. The largest absolute Gasteiger partial charge is 0.507 e. The van der Waals surface area contributed by atoms with Crippen LogP contribution in [0.1, 0.15) is 10.4 Å². The van der Waals surface area contributed by atoms with Crippen molar-refractivity contribution in [1.29, 1.82) is 0 Å². The molecule has 20 heavy (non-hydrogen) atoms. The highest BCUT2D eigenvalue weighted by atomic mass is 79.9. The van der Waals surface area contributed by atoms with Gasteiger partial charge in [0, 0.05) is 17.1 Å². The minimum absolute atomic E-state index is 0.0213. The van der Waals surface area contributed by atoms with Gasteiger partial charge in [-0.3, -0.25) is 4.79 Å². The van der Waals surface area contributed by atoms with Gasteiger partial charge in [0.05, 0.1) is 15.8 Å². The van der Waals surface area contributed by atoms with E-state index in [0.717, 1.165) is 4.47 Å². The molecule has 2 rings (SSSR count). The average Bonchev–Trinajstić information content (AvgIpc) is 2.40. The van der Waals surface area contributed by atoms with E-state index in [0.29, 0.717) is 21.4 Å². The number of rotatable bonds is 2. The van der Waals surface area contributed by atoms with Crippen LogP contribution in [0.4, 0.5) is 11.4 Å². The molecule has 104 valence electrons. The molecule has 0 aromatic heterocycles. The Labute approximate surface area is 133 Å². The Morgan fingerprint density at radius 1 is 1.20 bits per heavy atom. The Morgan fingerprint density at radius 2 is 1.90 bits per heavy atom. The number of carbonyl (C=O) groups excluding carboxylic acids is 1. The smallest absolute Gasteiger partial charge is 0.258 e. The molecule has 2 aromatic rings. The molecule has 6 heteroatoms. The van der Waals surface area contributed by atoms with Crippen LogP contribution >= 0.6 is 31.9 Å². The van der Waals surface area contributed by atoms with Crippen LogP contribution < -0.4 is 10.6 Å². The molecule has 0 unspecified atom stereocenters. The molecule has 0 heterocycles. The zero-order valence-corrected chi connectivity index (χ0v) is 13.8. The predicted molar refractivity (Wildman–Crippen MR) is 87.1 cm³/mol. The number of carbonyl (C=O) groups is 1. The van der Waals surface area contributed by atoms with Gasteiger partial charge in [-0.1, -0.05) is 15.9 Å². The Bertz CT molecular complexity index is 674. The van der Waals surface area contributed by atoms with Crippen LogP contribution in [-0.2, 0) is 0 Å². The minimum Gasteiger partial charge on any atom is -0.507 e. The number of benzene rings is 2. The molecule has 0 radical (unpaired) electrons. The summed E-state index contributed by atoms with van der Waals surface area (Å²) >= 11 is 6.50. The number of hydrogen-bond acceptors (Lipinski definition) is 3. The van der Waals surface area contributed by atoms with Gasteiger partial charge in [-0.2, -0.15) is 0 Å². The van der Waals surface area contributed by atoms with Gasteiger partial charge in [0.25, 0.3) is 5.91 Å². The molecule has 0 aliphatic rings. The van der Waals surface area contributed by atoms with E-state index >= 15 is 0 Å². The fourth-order valence-electron chi connectivity index (χ4n) is 1.78. The Balaban J connectivity index is 2.34. The van der Waals surface area contributed by atoms with E-state index < -0.39 is 0 Å². The van der Waals surface area contributed by atoms with E-state index in [1.54, 1.807) is 31.3 Å². The van der Waals surface area contributed by atoms with Crippen molar-refractivity contribution >= 4 is 49.1 Å². The molecule has 0 spiro atoms. The summed E-state index contributed by atoms with van der Waals surface area (Å²) in [5.74, 6) is -0.227. The first-order chi connectivity index (χ1) is 9.40. The van der Waals surface area contributed by atoms with Crippen molar-refractivity contribution in [3.8, 4) is 5.75 Å². The van der Waals surface area contributed by atoms with Crippen molar-refractivity contribution < 1.29 is 9.90 Å². The number of anilines is 2. The lowest BCUT2D eigenvalue weighted by Crippen LogP contribution is -2.26. The zero-order chi connectivity index (χ0) is 14.9. The molecular weight excluding hydrogens is 388 g/mol. The third kappa shape index (κ3) is 2.96. The summed E-state index contributed by atoms with van der Waals surface area (Å²) in [6.45, 7) is 0.